The summed E-state index contributed by atoms with van der Waals surface area (Å²) in [4.78, 5) is 1.83. The SMILES string of the molecule is C.C=CCC.C=CCCN=Nc1ccccc1.OCCN(CCO)CN=Nc1ccccc1. The molecule has 0 atom stereocenters. The number of nitrogens with zero attached hydrogens (tertiary/aromatic N) is 5. The lowest BCUT2D eigenvalue weighted by atomic mass is 10.3. The summed E-state index contributed by atoms with van der Waals surface area (Å²) >= 11 is 0. The highest BCUT2D eigenvalue weighted by Gasteiger charge is 2.01. The van der Waals surface area contributed by atoms with Gasteiger partial charge in [-0.25, -0.2) is 0 Å². The maximum absolute atomic E-state index is 8.78. The van der Waals surface area contributed by atoms with Gasteiger partial charge in [-0.15, -0.1) is 13.2 Å². The third kappa shape index (κ3) is 20.6. The molecule has 0 amide bonds. The van der Waals surface area contributed by atoms with E-state index in [4.69, 9.17) is 10.2 Å². The molecule has 0 fully saturated rings. The van der Waals surface area contributed by atoms with Crippen LogP contribution < -0.4 is 0 Å². The summed E-state index contributed by atoms with van der Waals surface area (Å²) in [6.45, 7) is 11.4. The molecule has 0 radical (unpaired) electrons. The predicted octanol–water partition coefficient (Wildman–Crippen LogP) is 6.58. The molecule has 0 aliphatic carbocycles. The molecule has 7 heteroatoms. The Bertz CT molecular complexity index is 731. The Morgan fingerprint density at radius 3 is 1.64 bits per heavy atom. The van der Waals surface area contributed by atoms with E-state index >= 15 is 0 Å². The molecule has 0 aliphatic heterocycles. The first-order valence-corrected chi connectivity index (χ1v) is 10.7. The highest BCUT2D eigenvalue weighted by molar-refractivity contribution is 5.35. The maximum Gasteiger partial charge on any atom is 0.113 e. The molecule has 182 valence electrons. The van der Waals surface area contributed by atoms with Crippen molar-refractivity contribution in [3.63, 3.8) is 0 Å². The van der Waals surface area contributed by atoms with Crippen molar-refractivity contribution in [3.8, 4) is 0 Å². The third-order valence-electron chi connectivity index (χ3n) is 3.70. The van der Waals surface area contributed by atoms with E-state index < -0.39 is 0 Å². The number of hydrogen-bond acceptors (Lipinski definition) is 7. The van der Waals surface area contributed by atoms with E-state index in [2.05, 4.69) is 40.5 Å². The van der Waals surface area contributed by atoms with Gasteiger partial charge in [-0.2, -0.15) is 20.5 Å². The van der Waals surface area contributed by atoms with Crippen LogP contribution in [0.25, 0.3) is 0 Å². The highest BCUT2D eigenvalue weighted by Crippen LogP contribution is 2.10. The Labute approximate surface area is 199 Å². The predicted molar refractivity (Wildman–Crippen MR) is 139 cm³/mol. The van der Waals surface area contributed by atoms with Crippen LogP contribution in [-0.2, 0) is 0 Å². The summed E-state index contributed by atoms with van der Waals surface area (Å²) in [5.41, 5.74) is 1.71. The van der Waals surface area contributed by atoms with Gasteiger partial charge in [0.05, 0.1) is 31.1 Å². The van der Waals surface area contributed by atoms with Gasteiger partial charge >= 0.3 is 0 Å². The van der Waals surface area contributed by atoms with Gasteiger partial charge < -0.3 is 10.2 Å². The number of benzene rings is 2. The first-order chi connectivity index (χ1) is 15.7. The molecule has 2 N–H and O–H groups in total. The average molecular weight is 456 g/mol. The van der Waals surface area contributed by atoms with Gasteiger partial charge in [0.2, 0.25) is 0 Å². The lowest BCUT2D eigenvalue weighted by molar-refractivity contribution is 0.163. The summed E-state index contributed by atoms with van der Waals surface area (Å²) in [6.07, 6.45) is 5.68. The molecule has 0 aromatic heterocycles. The summed E-state index contributed by atoms with van der Waals surface area (Å²) in [5.74, 6) is 0. The largest absolute Gasteiger partial charge is 0.395 e. The minimum absolute atomic E-state index is 0. The summed E-state index contributed by atoms with van der Waals surface area (Å²) in [5, 5.41) is 33.6. The van der Waals surface area contributed by atoms with E-state index in [0.717, 1.165) is 30.8 Å². The van der Waals surface area contributed by atoms with Crippen molar-refractivity contribution in [1.82, 2.24) is 4.90 Å². The quantitative estimate of drug-likeness (QED) is 0.215. The van der Waals surface area contributed by atoms with E-state index in [-0.39, 0.29) is 20.6 Å². The second kappa shape index (κ2) is 25.3. The Hall–Kier alpha value is -3.00. The molecule has 2 aromatic carbocycles. The van der Waals surface area contributed by atoms with E-state index in [1.54, 1.807) is 0 Å². The fourth-order valence-corrected chi connectivity index (χ4v) is 2.01. The monoisotopic (exact) mass is 455 g/mol. The average Bonchev–Trinajstić information content (AvgIpc) is 2.84. The van der Waals surface area contributed by atoms with Crippen LogP contribution >= 0.6 is 0 Å². The van der Waals surface area contributed by atoms with Crippen LogP contribution in [0, 0.1) is 0 Å². The zero-order valence-electron chi connectivity index (χ0n) is 19.1. The van der Waals surface area contributed by atoms with Crippen molar-refractivity contribution >= 4 is 11.4 Å². The zero-order chi connectivity index (χ0) is 23.7. The van der Waals surface area contributed by atoms with E-state index in [0.29, 0.717) is 19.8 Å². The molecular formula is C26H41N5O2. The number of allylic oxidation sites excluding steroid dienone is 1. The molecule has 2 aromatic rings. The minimum Gasteiger partial charge on any atom is -0.395 e. The molecule has 0 spiro atoms. The second-order valence-electron chi connectivity index (χ2n) is 6.36. The Morgan fingerprint density at radius 1 is 0.788 bits per heavy atom. The van der Waals surface area contributed by atoms with E-state index in [1.165, 1.54) is 0 Å². The van der Waals surface area contributed by atoms with Crippen LogP contribution in [0.2, 0.25) is 0 Å². The topological polar surface area (TPSA) is 93.1 Å². The second-order valence-corrected chi connectivity index (χ2v) is 6.36. The third-order valence-corrected chi connectivity index (χ3v) is 3.70. The number of rotatable bonds is 12. The molecule has 33 heavy (non-hydrogen) atoms. The number of aliphatic hydroxyl groups is 2. The maximum atomic E-state index is 8.78. The molecular weight excluding hydrogens is 414 g/mol. The van der Waals surface area contributed by atoms with Crippen LogP contribution in [0.3, 0.4) is 0 Å². The normalized spacial score (nSPS) is 10.1. The van der Waals surface area contributed by atoms with Crippen LogP contribution in [0.1, 0.15) is 27.2 Å². The van der Waals surface area contributed by atoms with Crippen molar-refractivity contribution in [2.24, 2.45) is 20.5 Å². The molecule has 2 rings (SSSR count). The summed E-state index contributed by atoms with van der Waals surface area (Å²) in [7, 11) is 0. The fourth-order valence-electron chi connectivity index (χ4n) is 2.01. The smallest absolute Gasteiger partial charge is 0.113 e. The van der Waals surface area contributed by atoms with E-state index in [1.807, 2.05) is 77.7 Å². The van der Waals surface area contributed by atoms with Crippen molar-refractivity contribution in [1.29, 1.82) is 0 Å². The van der Waals surface area contributed by atoms with Gasteiger partial charge in [0.25, 0.3) is 0 Å². The first kappa shape index (κ1) is 32.2. The van der Waals surface area contributed by atoms with Crippen molar-refractivity contribution in [3.05, 3.63) is 86.0 Å². The van der Waals surface area contributed by atoms with Gasteiger partial charge in [0, 0.05) is 13.1 Å². The minimum atomic E-state index is 0. The first-order valence-electron chi connectivity index (χ1n) is 10.7. The van der Waals surface area contributed by atoms with Gasteiger partial charge in [0.15, 0.2) is 0 Å². The van der Waals surface area contributed by atoms with Crippen LogP contribution in [0.15, 0.2) is 106 Å². The zero-order valence-corrected chi connectivity index (χ0v) is 19.1. The van der Waals surface area contributed by atoms with Gasteiger partial charge in [-0.05, 0) is 37.1 Å². The summed E-state index contributed by atoms with van der Waals surface area (Å²) < 4.78 is 0. The lowest BCUT2D eigenvalue weighted by Gasteiger charge is -2.16. The van der Waals surface area contributed by atoms with Crippen molar-refractivity contribution in [2.45, 2.75) is 27.2 Å². The summed E-state index contributed by atoms with van der Waals surface area (Å²) in [6, 6.07) is 19.2. The number of aliphatic hydroxyl groups excluding tert-OH is 2. The molecule has 0 saturated carbocycles. The number of azo groups is 2. The lowest BCUT2D eigenvalue weighted by Crippen LogP contribution is -2.29. The van der Waals surface area contributed by atoms with Crippen LogP contribution in [0.5, 0.6) is 0 Å². The Kier molecular flexibility index (Phi) is 24.6. The van der Waals surface area contributed by atoms with Crippen molar-refractivity contribution < 1.29 is 10.2 Å². The fraction of sp³-hybridized carbons (Fsp3) is 0.385. The standard InChI is InChI=1S/C11H17N3O2.C10H12N2.C4H8.CH4/c15-8-6-14(7-9-16)10-12-13-11-4-2-1-3-5-11;1-2-3-9-11-12-10-7-5-4-6-8-10;1-3-4-2;/h1-5,15-16H,6-10H2;2,4-8H,1,3,9H2;3H,1,4H2,2H3;1H4. The molecule has 0 bridgehead atoms. The van der Waals surface area contributed by atoms with Crippen molar-refractivity contribution in [2.75, 3.05) is 39.5 Å². The molecule has 0 saturated heterocycles. The molecule has 0 heterocycles. The Balaban J connectivity index is 0. The van der Waals surface area contributed by atoms with Crippen LogP contribution in [0.4, 0.5) is 11.4 Å². The molecule has 7 nitrogen and oxygen atoms in total. The van der Waals surface area contributed by atoms with Gasteiger partial charge in [-0.1, -0.05) is 62.9 Å². The van der Waals surface area contributed by atoms with Gasteiger partial charge in [-0.3, -0.25) is 4.90 Å². The number of hydrogen-bond donors (Lipinski definition) is 2. The highest BCUT2D eigenvalue weighted by atomic mass is 16.3. The van der Waals surface area contributed by atoms with Crippen LogP contribution in [-0.4, -0.2) is 54.6 Å². The van der Waals surface area contributed by atoms with Gasteiger partial charge in [0.1, 0.15) is 6.67 Å². The molecule has 0 unspecified atom stereocenters. The van der Waals surface area contributed by atoms with E-state index in [9.17, 15) is 0 Å². The Morgan fingerprint density at radius 2 is 1.24 bits per heavy atom. The molecule has 0 aliphatic rings.